The molecule has 5 heteroatoms. The van der Waals surface area contributed by atoms with E-state index in [2.05, 4.69) is 5.32 Å². The molecule has 0 aromatic heterocycles. The van der Waals surface area contributed by atoms with Gasteiger partial charge in [0.2, 0.25) is 5.91 Å². The smallest absolute Gasteiger partial charge is 0.407 e. The fraction of sp³-hybridized carbons (Fsp3) is 0.833. The Bertz CT molecular complexity index is 297. The highest BCUT2D eigenvalue weighted by molar-refractivity contribution is 5.76. The van der Waals surface area contributed by atoms with Crippen molar-refractivity contribution < 1.29 is 14.3 Å². The summed E-state index contributed by atoms with van der Waals surface area (Å²) in [6.45, 7) is 8.73. The van der Waals surface area contributed by atoms with E-state index in [1.807, 2.05) is 27.7 Å². The van der Waals surface area contributed by atoms with E-state index in [9.17, 15) is 9.59 Å². The summed E-state index contributed by atoms with van der Waals surface area (Å²) in [5, 5.41) is 2.74. The Morgan fingerprint density at radius 3 is 2.59 bits per heavy atom. The van der Waals surface area contributed by atoms with Crippen LogP contribution in [0.15, 0.2) is 0 Å². The second-order valence-corrected chi connectivity index (χ2v) is 5.38. The zero-order chi connectivity index (χ0) is 13.1. The summed E-state index contributed by atoms with van der Waals surface area (Å²) in [5.74, 6) is 0.118. The fourth-order valence-electron chi connectivity index (χ4n) is 1.76. The van der Waals surface area contributed by atoms with Crippen LogP contribution in [0.3, 0.4) is 0 Å². The minimum absolute atomic E-state index is 0.118. The number of carbonyl (C=O) groups excluding carboxylic acids is 2. The van der Waals surface area contributed by atoms with E-state index in [0.717, 1.165) is 6.42 Å². The van der Waals surface area contributed by atoms with Gasteiger partial charge in [0.1, 0.15) is 6.10 Å². The van der Waals surface area contributed by atoms with E-state index >= 15 is 0 Å². The van der Waals surface area contributed by atoms with Crippen molar-refractivity contribution >= 4 is 12.0 Å². The molecule has 0 bridgehead atoms. The summed E-state index contributed by atoms with van der Waals surface area (Å²) < 4.78 is 5.27. The third-order valence-corrected chi connectivity index (χ3v) is 2.55. The first kappa shape index (κ1) is 13.8. The first-order chi connectivity index (χ1) is 7.81. The van der Waals surface area contributed by atoms with Crippen molar-refractivity contribution in [1.82, 2.24) is 10.2 Å². The topological polar surface area (TPSA) is 58.6 Å². The number of nitrogens with zero attached hydrogens (tertiary/aromatic N) is 1. The van der Waals surface area contributed by atoms with E-state index in [1.165, 1.54) is 0 Å². The third-order valence-electron chi connectivity index (χ3n) is 2.55. The monoisotopic (exact) mass is 242 g/mol. The summed E-state index contributed by atoms with van der Waals surface area (Å²) in [6, 6.07) is 0. The molecule has 1 fully saturated rings. The molecule has 0 radical (unpaired) electrons. The van der Waals surface area contributed by atoms with Gasteiger partial charge in [-0.1, -0.05) is 6.92 Å². The molecule has 1 aliphatic rings. The van der Waals surface area contributed by atoms with Gasteiger partial charge in [-0.05, 0) is 20.8 Å². The van der Waals surface area contributed by atoms with Gasteiger partial charge in [0.05, 0.1) is 6.54 Å². The van der Waals surface area contributed by atoms with Crippen molar-refractivity contribution in [3.63, 3.8) is 0 Å². The molecule has 98 valence electrons. The Hall–Kier alpha value is -1.26. The molecule has 1 unspecified atom stereocenters. The fourth-order valence-corrected chi connectivity index (χ4v) is 1.76. The van der Waals surface area contributed by atoms with E-state index in [4.69, 9.17) is 4.74 Å². The highest BCUT2D eigenvalue weighted by Gasteiger charge is 2.28. The Morgan fingerprint density at radius 1 is 1.41 bits per heavy atom. The lowest BCUT2D eigenvalue weighted by Crippen LogP contribution is -2.42. The molecule has 1 aliphatic heterocycles. The van der Waals surface area contributed by atoms with Gasteiger partial charge in [-0.15, -0.1) is 0 Å². The highest BCUT2D eigenvalue weighted by atomic mass is 16.6. The van der Waals surface area contributed by atoms with Crippen molar-refractivity contribution in [2.24, 2.45) is 0 Å². The van der Waals surface area contributed by atoms with Crippen LogP contribution in [0.2, 0.25) is 0 Å². The van der Waals surface area contributed by atoms with Crippen LogP contribution in [0.4, 0.5) is 4.79 Å². The van der Waals surface area contributed by atoms with Gasteiger partial charge >= 0.3 is 6.09 Å². The molecule has 0 saturated carbocycles. The number of alkyl carbamates (subject to hydrolysis) is 1. The Morgan fingerprint density at radius 2 is 2.06 bits per heavy atom. The van der Waals surface area contributed by atoms with Crippen LogP contribution in [-0.2, 0) is 9.53 Å². The number of ether oxygens (including phenoxy) is 1. The third kappa shape index (κ3) is 4.63. The molecule has 17 heavy (non-hydrogen) atoms. The number of likely N-dealkylation sites (tertiary alicyclic amines) is 1. The molecule has 1 N–H and O–H groups in total. The SMILES string of the molecule is CCC(=O)N1CCC(OC(=O)NC(C)(C)C)C1. The number of nitrogens with one attached hydrogen (secondary N) is 1. The van der Waals surface area contributed by atoms with E-state index in [-0.39, 0.29) is 17.6 Å². The van der Waals surface area contributed by atoms with Gasteiger partial charge in [0.25, 0.3) is 0 Å². The number of rotatable bonds is 2. The van der Waals surface area contributed by atoms with Crippen molar-refractivity contribution in [1.29, 1.82) is 0 Å². The molecule has 2 amide bonds. The van der Waals surface area contributed by atoms with Crippen molar-refractivity contribution in [2.45, 2.75) is 52.2 Å². The Kier molecular flexibility index (Phi) is 4.37. The predicted molar refractivity (Wildman–Crippen MR) is 64.6 cm³/mol. The van der Waals surface area contributed by atoms with Crippen LogP contribution in [-0.4, -0.2) is 41.6 Å². The maximum Gasteiger partial charge on any atom is 0.407 e. The number of hydrogen-bond donors (Lipinski definition) is 1. The minimum atomic E-state index is -0.409. The molecule has 1 atom stereocenters. The molecule has 0 aromatic rings. The summed E-state index contributed by atoms with van der Waals surface area (Å²) >= 11 is 0. The quantitative estimate of drug-likeness (QED) is 0.798. The molecule has 0 aliphatic carbocycles. The lowest BCUT2D eigenvalue weighted by Gasteiger charge is -2.22. The summed E-state index contributed by atoms with van der Waals surface area (Å²) in [5.41, 5.74) is -0.297. The Labute approximate surface area is 102 Å². The molecule has 0 aromatic carbocycles. The number of carbonyl (C=O) groups is 2. The molecular formula is C12H22N2O3. The molecule has 5 nitrogen and oxygen atoms in total. The maximum atomic E-state index is 11.5. The molecule has 0 spiro atoms. The van der Waals surface area contributed by atoms with Crippen molar-refractivity contribution in [3.05, 3.63) is 0 Å². The summed E-state index contributed by atoms with van der Waals surface area (Å²) in [4.78, 5) is 24.7. The predicted octanol–water partition coefficient (Wildman–Crippen LogP) is 1.52. The second-order valence-electron chi connectivity index (χ2n) is 5.38. The van der Waals surface area contributed by atoms with Crippen molar-refractivity contribution in [3.8, 4) is 0 Å². The summed E-state index contributed by atoms with van der Waals surface area (Å²) in [7, 11) is 0. The average molecular weight is 242 g/mol. The van der Waals surface area contributed by atoms with Crippen LogP contribution in [0, 0.1) is 0 Å². The number of amides is 2. The van der Waals surface area contributed by atoms with E-state index in [1.54, 1.807) is 4.90 Å². The molecule has 1 saturated heterocycles. The molecule has 1 rings (SSSR count). The van der Waals surface area contributed by atoms with Crippen LogP contribution >= 0.6 is 0 Å². The van der Waals surface area contributed by atoms with Gasteiger partial charge < -0.3 is 15.0 Å². The van der Waals surface area contributed by atoms with Crippen LogP contribution in [0.1, 0.15) is 40.5 Å². The van der Waals surface area contributed by atoms with Gasteiger partial charge in [0, 0.05) is 24.9 Å². The zero-order valence-corrected chi connectivity index (χ0v) is 11.1. The lowest BCUT2D eigenvalue weighted by atomic mass is 10.1. The average Bonchev–Trinajstić information content (AvgIpc) is 2.62. The highest BCUT2D eigenvalue weighted by Crippen LogP contribution is 2.14. The van der Waals surface area contributed by atoms with Crippen LogP contribution in [0.25, 0.3) is 0 Å². The standard InChI is InChI=1S/C12H22N2O3/c1-5-10(15)14-7-6-9(8-14)17-11(16)13-12(2,3)4/h9H,5-8H2,1-4H3,(H,13,16). The van der Waals surface area contributed by atoms with Gasteiger partial charge in [-0.25, -0.2) is 4.79 Å². The largest absolute Gasteiger partial charge is 0.444 e. The van der Waals surface area contributed by atoms with E-state index < -0.39 is 6.09 Å². The molecule has 1 heterocycles. The molecular weight excluding hydrogens is 220 g/mol. The minimum Gasteiger partial charge on any atom is -0.444 e. The number of hydrogen-bond acceptors (Lipinski definition) is 3. The van der Waals surface area contributed by atoms with Gasteiger partial charge in [-0.2, -0.15) is 0 Å². The van der Waals surface area contributed by atoms with Gasteiger partial charge in [0.15, 0.2) is 0 Å². The van der Waals surface area contributed by atoms with Crippen LogP contribution in [0.5, 0.6) is 0 Å². The first-order valence-corrected chi connectivity index (χ1v) is 6.08. The van der Waals surface area contributed by atoms with Crippen LogP contribution < -0.4 is 5.32 Å². The Balaban J connectivity index is 2.35. The van der Waals surface area contributed by atoms with E-state index in [0.29, 0.717) is 19.5 Å². The summed E-state index contributed by atoms with van der Waals surface area (Å²) in [6.07, 6.45) is 0.644. The lowest BCUT2D eigenvalue weighted by molar-refractivity contribution is -0.130. The zero-order valence-electron chi connectivity index (χ0n) is 11.1. The maximum absolute atomic E-state index is 11.5. The van der Waals surface area contributed by atoms with Crippen molar-refractivity contribution in [2.75, 3.05) is 13.1 Å². The second kappa shape index (κ2) is 5.38. The normalized spacial score (nSPS) is 20.2. The first-order valence-electron chi connectivity index (χ1n) is 6.08. The van der Waals surface area contributed by atoms with Gasteiger partial charge in [-0.3, -0.25) is 4.79 Å².